The number of aryl methyl sites for hydroxylation is 1. The fraction of sp³-hybridized carbons (Fsp3) is 0.200. The Morgan fingerprint density at radius 2 is 2.00 bits per heavy atom. The maximum absolute atomic E-state index is 11.9. The summed E-state index contributed by atoms with van der Waals surface area (Å²) >= 11 is 5.91. The lowest BCUT2D eigenvalue weighted by atomic mass is 10.1. The van der Waals surface area contributed by atoms with Crippen LogP contribution in [0.25, 0.3) is 10.9 Å². The molecular weight excluding hydrogens is 398 g/mol. The van der Waals surface area contributed by atoms with Crippen LogP contribution in [0.15, 0.2) is 48.7 Å². The molecule has 0 spiro atoms. The van der Waals surface area contributed by atoms with E-state index >= 15 is 0 Å². The van der Waals surface area contributed by atoms with Gasteiger partial charge < -0.3 is 15.0 Å². The monoisotopic (exact) mass is 415 g/mol. The normalized spacial score (nSPS) is 10.7. The molecule has 0 radical (unpaired) electrons. The number of anilines is 1. The number of carbonyl (C=O) groups is 2. The number of hydrogen-bond donors (Lipinski definition) is 2. The average molecular weight is 416 g/mol. The van der Waals surface area contributed by atoms with Crippen molar-refractivity contribution in [1.29, 1.82) is 0 Å². The third-order valence-electron chi connectivity index (χ3n) is 4.30. The Hall–Kier alpha value is -3.39. The van der Waals surface area contributed by atoms with E-state index in [1.165, 1.54) is 12.1 Å². The summed E-state index contributed by atoms with van der Waals surface area (Å²) in [7, 11) is 0. The molecule has 0 saturated carbocycles. The SMILES string of the molecule is O=C(COC(=O)CCCc1c[nH]c2ccccc12)Nc1ccc([N+](=O)[O-])cc1Cl. The van der Waals surface area contributed by atoms with Gasteiger partial charge >= 0.3 is 5.97 Å². The average Bonchev–Trinajstić information content (AvgIpc) is 3.11. The zero-order chi connectivity index (χ0) is 20.8. The van der Waals surface area contributed by atoms with Crippen molar-refractivity contribution in [3.8, 4) is 0 Å². The minimum absolute atomic E-state index is 0.0256. The summed E-state index contributed by atoms with van der Waals surface area (Å²) in [4.78, 5) is 37.1. The van der Waals surface area contributed by atoms with Gasteiger partial charge in [-0.1, -0.05) is 29.8 Å². The molecule has 3 rings (SSSR count). The molecule has 2 aromatic carbocycles. The molecule has 1 heterocycles. The molecule has 0 atom stereocenters. The number of amides is 1. The number of fused-ring (bicyclic) bond motifs is 1. The Kier molecular flexibility index (Phi) is 6.46. The molecule has 1 amide bonds. The van der Waals surface area contributed by atoms with Crippen molar-refractivity contribution < 1.29 is 19.2 Å². The third-order valence-corrected chi connectivity index (χ3v) is 4.62. The Balaban J connectivity index is 1.42. The minimum atomic E-state index is -0.588. The predicted octanol–water partition coefficient (Wildman–Crippen LogP) is 4.23. The number of nitro groups is 1. The van der Waals surface area contributed by atoms with Crippen LogP contribution >= 0.6 is 11.6 Å². The number of nitrogens with zero attached hydrogens (tertiary/aromatic N) is 1. The number of hydrogen-bond acceptors (Lipinski definition) is 5. The molecule has 0 fully saturated rings. The second kappa shape index (κ2) is 9.20. The number of para-hydroxylation sites is 1. The van der Waals surface area contributed by atoms with Crippen LogP contribution in [-0.4, -0.2) is 28.4 Å². The van der Waals surface area contributed by atoms with Crippen molar-refractivity contribution in [2.24, 2.45) is 0 Å². The van der Waals surface area contributed by atoms with Crippen LogP contribution in [0.2, 0.25) is 5.02 Å². The number of carbonyl (C=O) groups excluding carboxylic acids is 2. The Morgan fingerprint density at radius 3 is 2.76 bits per heavy atom. The fourth-order valence-electron chi connectivity index (χ4n) is 2.89. The van der Waals surface area contributed by atoms with Gasteiger partial charge in [-0.15, -0.1) is 0 Å². The molecule has 0 aliphatic rings. The van der Waals surface area contributed by atoms with Crippen LogP contribution in [0.3, 0.4) is 0 Å². The van der Waals surface area contributed by atoms with Crippen LogP contribution < -0.4 is 5.32 Å². The Labute approximate surface area is 171 Å². The van der Waals surface area contributed by atoms with Crippen molar-refractivity contribution >= 4 is 45.8 Å². The Bertz CT molecular complexity index is 1060. The molecule has 0 saturated heterocycles. The quantitative estimate of drug-likeness (QED) is 0.324. The van der Waals surface area contributed by atoms with E-state index in [0.717, 1.165) is 22.5 Å². The zero-order valence-corrected chi connectivity index (χ0v) is 16.1. The van der Waals surface area contributed by atoms with Crippen molar-refractivity contribution in [3.63, 3.8) is 0 Å². The highest BCUT2D eigenvalue weighted by atomic mass is 35.5. The van der Waals surface area contributed by atoms with Crippen LogP contribution in [0, 0.1) is 10.1 Å². The number of H-pyrrole nitrogens is 1. The number of rotatable bonds is 8. The maximum Gasteiger partial charge on any atom is 0.306 e. The minimum Gasteiger partial charge on any atom is -0.456 e. The highest BCUT2D eigenvalue weighted by Crippen LogP contribution is 2.26. The van der Waals surface area contributed by atoms with Gasteiger partial charge in [-0.2, -0.15) is 0 Å². The lowest BCUT2D eigenvalue weighted by Gasteiger charge is -2.08. The number of esters is 1. The van der Waals surface area contributed by atoms with Gasteiger partial charge in [0.2, 0.25) is 0 Å². The summed E-state index contributed by atoms with van der Waals surface area (Å²) < 4.78 is 4.97. The van der Waals surface area contributed by atoms with Crippen LogP contribution in [-0.2, 0) is 20.7 Å². The topological polar surface area (TPSA) is 114 Å². The molecular formula is C20H18ClN3O5. The highest BCUT2D eigenvalue weighted by Gasteiger charge is 2.13. The standard InChI is InChI=1S/C20H18ClN3O5/c21-16-10-14(24(27)28)8-9-18(16)23-19(25)12-29-20(26)7-3-4-13-11-22-17-6-2-1-5-15(13)17/h1-2,5-6,8-11,22H,3-4,7,12H2,(H,23,25). The summed E-state index contributed by atoms with van der Waals surface area (Å²) in [5.74, 6) is -1.06. The second-order valence-corrected chi connectivity index (χ2v) is 6.75. The molecule has 2 N–H and O–H groups in total. The van der Waals surface area contributed by atoms with Crippen LogP contribution in [0.1, 0.15) is 18.4 Å². The van der Waals surface area contributed by atoms with Gasteiger partial charge in [-0.25, -0.2) is 0 Å². The smallest absolute Gasteiger partial charge is 0.306 e. The van der Waals surface area contributed by atoms with E-state index in [-0.39, 0.29) is 22.8 Å². The van der Waals surface area contributed by atoms with Crippen molar-refractivity contribution in [1.82, 2.24) is 4.98 Å². The van der Waals surface area contributed by atoms with E-state index in [1.807, 2.05) is 30.5 Å². The third kappa shape index (κ3) is 5.32. The number of benzene rings is 2. The fourth-order valence-corrected chi connectivity index (χ4v) is 3.11. The first-order valence-corrected chi connectivity index (χ1v) is 9.26. The molecule has 1 aromatic heterocycles. The van der Waals surface area contributed by atoms with Gasteiger partial charge in [0.25, 0.3) is 11.6 Å². The lowest BCUT2D eigenvalue weighted by molar-refractivity contribution is -0.384. The van der Waals surface area contributed by atoms with Gasteiger partial charge in [-0.3, -0.25) is 19.7 Å². The van der Waals surface area contributed by atoms with E-state index < -0.39 is 23.4 Å². The van der Waals surface area contributed by atoms with Gasteiger partial charge in [0.05, 0.1) is 15.6 Å². The molecule has 29 heavy (non-hydrogen) atoms. The van der Waals surface area contributed by atoms with E-state index in [1.54, 1.807) is 0 Å². The van der Waals surface area contributed by atoms with Gasteiger partial charge in [-0.05, 0) is 30.5 Å². The first-order valence-electron chi connectivity index (χ1n) is 8.88. The number of nitrogens with one attached hydrogen (secondary N) is 2. The van der Waals surface area contributed by atoms with Gasteiger partial charge in [0.1, 0.15) is 0 Å². The van der Waals surface area contributed by atoms with Crippen LogP contribution in [0.4, 0.5) is 11.4 Å². The van der Waals surface area contributed by atoms with Crippen molar-refractivity contribution in [2.45, 2.75) is 19.3 Å². The summed E-state index contributed by atoms with van der Waals surface area (Å²) in [6.07, 6.45) is 3.42. The molecule has 8 nitrogen and oxygen atoms in total. The molecule has 9 heteroatoms. The molecule has 3 aromatic rings. The molecule has 0 bridgehead atoms. The van der Waals surface area contributed by atoms with Gasteiger partial charge in [0.15, 0.2) is 6.61 Å². The lowest BCUT2D eigenvalue weighted by Crippen LogP contribution is -2.21. The molecule has 150 valence electrons. The highest BCUT2D eigenvalue weighted by molar-refractivity contribution is 6.34. The number of non-ortho nitro benzene ring substituents is 1. The first kappa shape index (κ1) is 20.3. The van der Waals surface area contributed by atoms with E-state index in [2.05, 4.69) is 10.3 Å². The van der Waals surface area contributed by atoms with E-state index in [4.69, 9.17) is 16.3 Å². The molecule has 0 aliphatic carbocycles. The predicted molar refractivity (Wildman–Crippen MR) is 109 cm³/mol. The number of aromatic amines is 1. The summed E-state index contributed by atoms with van der Waals surface area (Å²) in [5.41, 5.74) is 2.19. The van der Waals surface area contributed by atoms with Gasteiger partial charge in [0, 0.05) is 35.7 Å². The largest absolute Gasteiger partial charge is 0.456 e. The molecule has 0 aliphatic heterocycles. The summed E-state index contributed by atoms with van der Waals surface area (Å²) in [5, 5.41) is 14.3. The number of nitro benzene ring substituents is 1. The first-order chi connectivity index (χ1) is 13.9. The maximum atomic E-state index is 11.9. The number of ether oxygens (including phenoxy) is 1. The number of halogens is 1. The van der Waals surface area contributed by atoms with Crippen molar-refractivity contribution in [2.75, 3.05) is 11.9 Å². The Morgan fingerprint density at radius 1 is 1.21 bits per heavy atom. The molecule has 0 unspecified atom stereocenters. The van der Waals surface area contributed by atoms with E-state index in [9.17, 15) is 19.7 Å². The summed E-state index contributed by atoms with van der Waals surface area (Å²) in [6, 6.07) is 11.6. The van der Waals surface area contributed by atoms with E-state index in [0.29, 0.717) is 12.8 Å². The zero-order valence-electron chi connectivity index (χ0n) is 15.3. The second-order valence-electron chi connectivity index (χ2n) is 6.34. The van der Waals surface area contributed by atoms with Crippen molar-refractivity contribution in [3.05, 3.63) is 69.4 Å². The number of aromatic nitrogens is 1. The summed E-state index contributed by atoms with van der Waals surface area (Å²) in [6.45, 7) is -0.459. The van der Waals surface area contributed by atoms with Crippen LogP contribution in [0.5, 0.6) is 0 Å².